The van der Waals surface area contributed by atoms with Gasteiger partial charge in [0.15, 0.2) is 0 Å². The zero-order valence-corrected chi connectivity index (χ0v) is 15.7. The first-order chi connectivity index (χ1) is 13.2. The SMILES string of the molecule is CCCn1c(=O)c2sccc2n2c(CCC(=O)NCc3ccco3)nnc12. The number of nitrogens with zero attached hydrogens (tertiary/aromatic N) is 4. The second kappa shape index (κ2) is 7.36. The van der Waals surface area contributed by atoms with E-state index in [-0.39, 0.29) is 17.9 Å². The Kier molecular flexibility index (Phi) is 4.76. The monoisotopic (exact) mass is 385 g/mol. The molecule has 0 unspecified atom stereocenters. The molecule has 0 aliphatic rings. The topological polar surface area (TPSA) is 94.4 Å². The lowest BCUT2D eigenvalue weighted by Crippen LogP contribution is -2.24. The van der Waals surface area contributed by atoms with E-state index in [1.807, 2.05) is 28.8 Å². The number of amides is 1. The number of fused-ring (bicyclic) bond motifs is 3. The molecule has 8 nitrogen and oxygen atoms in total. The number of carbonyl (C=O) groups excluding carboxylic acids is 1. The minimum Gasteiger partial charge on any atom is -0.467 e. The van der Waals surface area contributed by atoms with Crippen LogP contribution < -0.4 is 10.9 Å². The Balaban J connectivity index is 1.59. The van der Waals surface area contributed by atoms with Crippen molar-refractivity contribution in [2.75, 3.05) is 0 Å². The molecule has 0 saturated heterocycles. The quantitative estimate of drug-likeness (QED) is 0.527. The van der Waals surface area contributed by atoms with Crippen LogP contribution in [0.1, 0.15) is 31.4 Å². The van der Waals surface area contributed by atoms with Gasteiger partial charge >= 0.3 is 0 Å². The molecule has 0 radical (unpaired) electrons. The fraction of sp³-hybridized carbons (Fsp3) is 0.333. The molecule has 1 N–H and O–H groups in total. The number of aryl methyl sites for hydroxylation is 2. The Morgan fingerprint density at radius 2 is 2.22 bits per heavy atom. The molecule has 0 spiro atoms. The van der Waals surface area contributed by atoms with Crippen LogP contribution in [-0.4, -0.2) is 25.1 Å². The largest absolute Gasteiger partial charge is 0.467 e. The molecule has 0 fully saturated rings. The summed E-state index contributed by atoms with van der Waals surface area (Å²) in [5, 5.41) is 13.2. The van der Waals surface area contributed by atoms with Crippen molar-refractivity contribution in [3.8, 4) is 0 Å². The van der Waals surface area contributed by atoms with E-state index in [1.54, 1.807) is 16.9 Å². The minimum atomic E-state index is -0.0911. The Morgan fingerprint density at radius 1 is 1.33 bits per heavy atom. The van der Waals surface area contributed by atoms with Crippen LogP contribution in [0.2, 0.25) is 0 Å². The average Bonchev–Trinajstić information content (AvgIpc) is 3.41. The Morgan fingerprint density at radius 3 is 3.00 bits per heavy atom. The molecule has 4 heterocycles. The van der Waals surface area contributed by atoms with E-state index >= 15 is 0 Å². The average molecular weight is 385 g/mol. The Hall–Kier alpha value is -2.94. The van der Waals surface area contributed by atoms with Gasteiger partial charge in [0.2, 0.25) is 11.7 Å². The molecule has 0 aliphatic heterocycles. The van der Waals surface area contributed by atoms with E-state index in [0.717, 1.165) is 11.9 Å². The molecule has 4 aromatic rings. The van der Waals surface area contributed by atoms with E-state index in [9.17, 15) is 9.59 Å². The summed E-state index contributed by atoms with van der Waals surface area (Å²) in [7, 11) is 0. The Bertz CT molecular complexity index is 1140. The molecule has 0 atom stereocenters. The maximum atomic E-state index is 12.7. The molecule has 0 saturated carbocycles. The lowest BCUT2D eigenvalue weighted by Gasteiger charge is -2.08. The second-order valence-corrected chi connectivity index (χ2v) is 7.12. The van der Waals surface area contributed by atoms with Crippen molar-refractivity contribution in [3.63, 3.8) is 0 Å². The molecule has 4 rings (SSSR count). The van der Waals surface area contributed by atoms with Crippen molar-refractivity contribution < 1.29 is 9.21 Å². The van der Waals surface area contributed by atoms with Gasteiger partial charge < -0.3 is 9.73 Å². The Labute approximate surface area is 158 Å². The van der Waals surface area contributed by atoms with E-state index in [2.05, 4.69) is 15.5 Å². The number of furan rings is 1. The van der Waals surface area contributed by atoms with Crippen molar-refractivity contribution >= 4 is 33.2 Å². The van der Waals surface area contributed by atoms with Crippen molar-refractivity contribution in [2.24, 2.45) is 0 Å². The molecule has 1 amide bonds. The molecule has 9 heteroatoms. The van der Waals surface area contributed by atoms with Crippen molar-refractivity contribution in [3.05, 3.63) is 51.8 Å². The number of rotatable bonds is 7. The summed E-state index contributed by atoms with van der Waals surface area (Å²) in [6, 6.07) is 5.49. The van der Waals surface area contributed by atoms with E-state index in [4.69, 9.17) is 4.42 Å². The number of hydrogen-bond acceptors (Lipinski definition) is 6. The van der Waals surface area contributed by atoms with Gasteiger partial charge in [0.1, 0.15) is 16.3 Å². The summed E-state index contributed by atoms with van der Waals surface area (Å²) in [5.41, 5.74) is 0.757. The first-order valence-electron chi connectivity index (χ1n) is 8.82. The fourth-order valence-electron chi connectivity index (χ4n) is 3.08. The van der Waals surface area contributed by atoms with Gasteiger partial charge in [-0.3, -0.25) is 18.6 Å². The maximum absolute atomic E-state index is 12.7. The summed E-state index contributed by atoms with van der Waals surface area (Å²) in [5.74, 6) is 1.82. The normalized spacial score (nSPS) is 11.4. The van der Waals surface area contributed by atoms with Gasteiger partial charge in [-0.25, -0.2) is 0 Å². The first kappa shape index (κ1) is 17.5. The van der Waals surface area contributed by atoms with Crippen LogP contribution in [0.4, 0.5) is 0 Å². The van der Waals surface area contributed by atoms with Gasteiger partial charge in [-0.15, -0.1) is 21.5 Å². The third-order valence-electron chi connectivity index (χ3n) is 4.34. The van der Waals surface area contributed by atoms with E-state index < -0.39 is 0 Å². The summed E-state index contributed by atoms with van der Waals surface area (Å²) < 4.78 is 9.44. The number of thiophene rings is 1. The summed E-state index contributed by atoms with van der Waals surface area (Å²) in [6.07, 6.45) is 3.11. The molecular formula is C18H19N5O3S. The lowest BCUT2D eigenvalue weighted by atomic mass is 10.2. The third kappa shape index (κ3) is 3.25. The van der Waals surface area contributed by atoms with Gasteiger partial charge in [-0.1, -0.05) is 6.92 Å². The standard InChI is InChI=1S/C18H19N5O3S/c1-2-8-22-17(25)16-13(7-10-27-16)23-14(20-21-18(22)23)5-6-15(24)19-11-12-4-3-9-26-12/h3-4,7,9-10H,2,5-6,8,11H2,1H3,(H,19,24). The third-order valence-corrected chi connectivity index (χ3v) is 5.23. The van der Waals surface area contributed by atoms with Crippen LogP contribution in [-0.2, 0) is 24.3 Å². The molecule has 27 heavy (non-hydrogen) atoms. The highest BCUT2D eigenvalue weighted by Crippen LogP contribution is 2.20. The fourth-order valence-corrected chi connectivity index (χ4v) is 3.90. The molecule has 0 bridgehead atoms. The summed E-state index contributed by atoms with van der Waals surface area (Å²) >= 11 is 1.41. The van der Waals surface area contributed by atoms with Crippen LogP contribution in [0, 0.1) is 0 Å². The lowest BCUT2D eigenvalue weighted by molar-refractivity contribution is -0.121. The first-order valence-corrected chi connectivity index (χ1v) is 9.70. The van der Waals surface area contributed by atoms with Crippen LogP contribution in [0.25, 0.3) is 16.0 Å². The highest BCUT2D eigenvalue weighted by molar-refractivity contribution is 7.17. The highest BCUT2D eigenvalue weighted by Gasteiger charge is 2.17. The van der Waals surface area contributed by atoms with Gasteiger partial charge in [-0.05, 0) is 30.0 Å². The molecule has 0 aliphatic carbocycles. The molecule has 0 aromatic carbocycles. The van der Waals surface area contributed by atoms with E-state index in [1.165, 1.54) is 11.3 Å². The van der Waals surface area contributed by atoms with Crippen molar-refractivity contribution in [2.45, 2.75) is 39.3 Å². The number of carbonyl (C=O) groups is 1. The zero-order chi connectivity index (χ0) is 18.8. The predicted molar refractivity (Wildman–Crippen MR) is 102 cm³/mol. The summed E-state index contributed by atoms with van der Waals surface area (Å²) in [6.45, 7) is 2.96. The van der Waals surface area contributed by atoms with Crippen LogP contribution in [0.3, 0.4) is 0 Å². The van der Waals surface area contributed by atoms with Crippen molar-refractivity contribution in [1.82, 2.24) is 24.5 Å². The molecule has 140 valence electrons. The van der Waals surface area contributed by atoms with Gasteiger partial charge in [-0.2, -0.15) is 0 Å². The second-order valence-electron chi connectivity index (χ2n) is 6.20. The van der Waals surface area contributed by atoms with Crippen LogP contribution in [0.5, 0.6) is 0 Å². The van der Waals surface area contributed by atoms with Crippen molar-refractivity contribution in [1.29, 1.82) is 0 Å². The van der Waals surface area contributed by atoms with Gasteiger partial charge in [0, 0.05) is 19.4 Å². The predicted octanol–water partition coefficient (Wildman–Crippen LogP) is 2.36. The zero-order valence-electron chi connectivity index (χ0n) is 14.8. The summed E-state index contributed by atoms with van der Waals surface area (Å²) in [4.78, 5) is 24.8. The number of nitrogens with one attached hydrogen (secondary N) is 1. The molecular weight excluding hydrogens is 366 g/mol. The minimum absolute atomic E-state index is 0.0375. The highest BCUT2D eigenvalue weighted by atomic mass is 32.1. The van der Waals surface area contributed by atoms with Crippen LogP contribution >= 0.6 is 11.3 Å². The number of hydrogen-bond donors (Lipinski definition) is 1. The van der Waals surface area contributed by atoms with E-state index in [0.29, 0.717) is 41.6 Å². The van der Waals surface area contributed by atoms with Crippen LogP contribution in [0.15, 0.2) is 39.1 Å². The number of aromatic nitrogens is 4. The van der Waals surface area contributed by atoms with Gasteiger partial charge in [0.25, 0.3) is 5.56 Å². The van der Waals surface area contributed by atoms with Gasteiger partial charge in [0.05, 0.1) is 18.3 Å². The molecule has 4 aromatic heterocycles. The maximum Gasteiger partial charge on any atom is 0.272 e. The smallest absolute Gasteiger partial charge is 0.272 e.